The van der Waals surface area contributed by atoms with Crippen LogP contribution in [0.2, 0.25) is 5.02 Å². The number of aromatic nitrogens is 3. The molecule has 5 heteroatoms. The van der Waals surface area contributed by atoms with Crippen LogP contribution in [0.25, 0.3) is 5.82 Å². The molecule has 2 rings (SSSR count). The molecule has 0 aliphatic carbocycles. The van der Waals surface area contributed by atoms with Crippen molar-refractivity contribution >= 4 is 11.6 Å². The van der Waals surface area contributed by atoms with Crippen molar-refractivity contribution < 1.29 is 0 Å². The summed E-state index contributed by atoms with van der Waals surface area (Å²) in [4.78, 5) is 4.26. The average Bonchev–Trinajstić information content (AvgIpc) is 2.57. The summed E-state index contributed by atoms with van der Waals surface area (Å²) in [6, 6.07) is 3.80. The Morgan fingerprint density at radius 3 is 2.75 bits per heavy atom. The van der Waals surface area contributed by atoms with Crippen molar-refractivity contribution in [1.82, 2.24) is 14.8 Å². The lowest BCUT2D eigenvalue weighted by molar-refractivity contribution is 0.802. The molecule has 0 fully saturated rings. The molecule has 0 atom stereocenters. The summed E-state index contributed by atoms with van der Waals surface area (Å²) in [7, 11) is 0. The predicted molar refractivity (Wildman–Crippen MR) is 63.7 cm³/mol. The number of hydrogen-bond donors (Lipinski definition) is 1. The van der Waals surface area contributed by atoms with Gasteiger partial charge in [-0.3, -0.25) is 0 Å². The summed E-state index contributed by atoms with van der Waals surface area (Å²) < 4.78 is 1.73. The number of pyridine rings is 1. The maximum atomic E-state index is 6.09. The summed E-state index contributed by atoms with van der Waals surface area (Å²) >= 11 is 6.09. The van der Waals surface area contributed by atoms with Crippen LogP contribution in [0.1, 0.15) is 17.0 Å². The molecule has 4 nitrogen and oxygen atoms in total. The fraction of sp³-hybridized carbons (Fsp3) is 0.273. The fourth-order valence-corrected chi connectivity index (χ4v) is 1.67. The molecule has 0 radical (unpaired) electrons. The zero-order valence-electron chi connectivity index (χ0n) is 9.24. The Morgan fingerprint density at radius 1 is 1.44 bits per heavy atom. The molecule has 0 spiro atoms. The van der Waals surface area contributed by atoms with Gasteiger partial charge in [0.25, 0.3) is 0 Å². The van der Waals surface area contributed by atoms with Crippen molar-refractivity contribution in [2.24, 2.45) is 5.73 Å². The number of aryl methyl sites for hydroxylation is 1. The van der Waals surface area contributed by atoms with E-state index in [1.165, 1.54) is 0 Å². The molecule has 0 bridgehead atoms. The van der Waals surface area contributed by atoms with Crippen molar-refractivity contribution in [2.45, 2.75) is 20.4 Å². The molecule has 16 heavy (non-hydrogen) atoms. The van der Waals surface area contributed by atoms with Gasteiger partial charge in [0, 0.05) is 12.7 Å². The zero-order chi connectivity index (χ0) is 11.7. The Labute approximate surface area is 99.1 Å². The number of hydrogen-bond acceptors (Lipinski definition) is 3. The molecule has 0 saturated carbocycles. The van der Waals surface area contributed by atoms with Gasteiger partial charge in [-0.05, 0) is 31.5 Å². The Morgan fingerprint density at radius 2 is 2.19 bits per heavy atom. The third-order valence-electron chi connectivity index (χ3n) is 2.47. The molecule has 0 unspecified atom stereocenters. The van der Waals surface area contributed by atoms with Crippen LogP contribution in [0.3, 0.4) is 0 Å². The van der Waals surface area contributed by atoms with Crippen molar-refractivity contribution in [1.29, 1.82) is 0 Å². The molecule has 0 aliphatic rings. The SMILES string of the molecule is Cc1nn(-c2cc(CN)ccn2)c(C)c1Cl. The largest absolute Gasteiger partial charge is 0.326 e. The summed E-state index contributed by atoms with van der Waals surface area (Å²) in [5.41, 5.74) is 8.30. The molecule has 2 heterocycles. The van der Waals surface area contributed by atoms with Crippen LogP contribution in [-0.2, 0) is 6.54 Å². The van der Waals surface area contributed by atoms with Crippen LogP contribution in [0, 0.1) is 13.8 Å². The van der Waals surface area contributed by atoms with Gasteiger partial charge in [0.15, 0.2) is 5.82 Å². The van der Waals surface area contributed by atoms with Gasteiger partial charge in [-0.1, -0.05) is 11.6 Å². The minimum atomic E-state index is 0.489. The van der Waals surface area contributed by atoms with Gasteiger partial charge >= 0.3 is 0 Å². The van der Waals surface area contributed by atoms with E-state index in [1.54, 1.807) is 10.9 Å². The van der Waals surface area contributed by atoms with Gasteiger partial charge in [0.05, 0.1) is 16.4 Å². The first-order chi connectivity index (χ1) is 7.63. The Balaban J connectivity index is 2.54. The van der Waals surface area contributed by atoms with E-state index >= 15 is 0 Å². The topological polar surface area (TPSA) is 56.7 Å². The highest BCUT2D eigenvalue weighted by Crippen LogP contribution is 2.21. The van der Waals surface area contributed by atoms with E-state index in [1.807, 2.05) is 26.0 Å². The normalized spacial score (nSPS) is 10.8. The van der Waals surface area contributed by atoms with Gasteiger partial charge in [-0.2, -0.15) is 5.10 Å². The van der Waals surface area contributed by atoms with E-state index in [0.717, 1.165) is 22.8 Å². The molecule has 2 aromatic heterocycles. The lowest BCUT2D eigenvalue weighted by atomic mass is 10.2. The van der Waals surface area contributed by atoms with Gasteiger partial charge in [-0.15, -0.1) is 0 Å². The standard InChI is InChI=1S/C11H13ClN4/c1-7-11(12)8(2)16(15-7)10-5-9(6-13)3-4-14-10/h3-5H,6,13H2,1-2H3. The van der Waals surface area contributed by atoms with Crippen LogP contribution >= 0.6 is 11.6 Å². The third kappa shape index (κ3) is 1.81. The van der Waals surface area contributed by atoms with Crippen molar-refractivity contribution in [3.63, 3.8) is 0 Å². The van der Waals surface area contributed by atoms with Crippen molar-refractivity contribution in [3.05, 3.63) is 40.3 Å². The van der Waals surface area contributed by atoms with Crippen LogP contribution in [-0.4, -0.2) is 14.8 Å². The highest BCUT2D eigenvalue weighted by Gasteiger charge is 2.11. The lowest BCUT2D eigenvalue weighted by Gasteiger charge is -2.04. The Kier molecular flexibility index (Phi) is 2.94. The maximum Gasteiger partial charge on any atom is 0.153 e. The van der Waals surface area contributed by atoms with E-state index in [9.17, 15) is 0 Å². The van der Waals surface area contributed by atoms with Gasteiger partial charge in [0.1, 0.15) is 0 Å². The van der Waals surface area contributed by atoms with E-state index in [2.05, 4.69) is 10.1 Å². The smallest absolute Gasteiger partial charge is 0.153 e. The molecular formula is C11H13ClN4. The molecule has 0 aromatic carbocycles. The fourth-order valence-electron chi connectivity index (χ4n) is 1.55. The van der Waals surface area contributed by atoms with Crippen LogP contribution < -0.4 is 5.73 Å². The Hall–Kier alpha value is -1.39. The third-order valence-corrected chi connectivity index (χ3v) is 3.01. The molecule has 84 valence electrons. The van der Waals surface area contributed by atoms with Gasteiger partial charge < -0.3 is 5.73 Å². The molecule has 2 N–H and O–H groups in total. The van der Waals surface area contributed by atoms with Crippen LogP contribution in [0.4, 0.5) is 0 Å². The van der Waals surface area contributed by atoms with E-state index < -0.39 is 0 Å². The van der Waals surface area contributed by atoms with Gasteiger partial charge in [-0.25, -0.2) is 9.67 Å². The Bertz CT molecular complexity index is 519. The van der Waals surface area contributed by atoms with E-state index in [-0.39, 0.29) is 0 Å². The van der Waals surface area contributed by atoms with Crippen LogP contribution in [0.5, 0.6) is 0 Å². The van der Waals surface area contributed by atoms with E-state index in [0.29, 0.717) is 11.6 Å². The molecule has 0 amide bonds. The predicted octanol–water partition coefficient (Wildman–Crippen LogP) is 2.00. The van der Waals surface area contributed by atoms with Crippen LogP contribution in [0.15, 0.2) is 18.3 Å². The first kappa shape index (κ1) is 11.1. The van der Waals surface area contributed by atoms with Gasteiger partial charge in [0.2, 0.25) is 0 Å². The number of nitrogens with two attached hydrogens (primary N) is 1. The molecule has 0 saturated heterocycles. The second kappa shape index (κ2) is 4.23. The summed E-state index contributed by atoms with van der Waals surface area (Å²) in [5, 5.41) is 5.02. The number of halogens is 1. The summed E-state index contributed by atoms with van der Waals surface area (Å²) in [6.45, 7) is 4.28. The first-order valence-electron chi connectivity index (χ1n) is 5.00. The van der Waals surface area contributed by atoms with Crippen molar-refractivity contribution in [2.75, 3.05) is 0 Å². The maximum absolute atomic E-state index is 6.09. The monoisotopic (exact) mass is 236 g/mol. The second-order valence-electron chi connectivity index (χ2n) is 3.62. The average molecular weight is 237 g/mol. The molecule has 0 aliphatic heterocycles. The second-order valence-corrected chi connectivity index (χ2v) is 4.00. The summed E-state index contributed by atoms with van der Waals surface area (Å²) in [5.74, 6) is 0.746. The quantitative estimate of drug-likeness (QED) is 0.868. The number of nitrogens with zero attached hydrogens (tertiary/aromatic N) is 3. The minimum absolute atomic E-state index is 0.489. The highest BCUT2D eigenvalue weighted by molar-refractivity contribution is 6.31. The first-order valence-corrected chi connectivity index (χ1v) is 5.38. The zero-order valence-corrected chi connectivity index (χ0v) is 9.99. The van der Waals surface area contributed by atoms with E-state index in [4.69, 9.17) is 17.3 Å². The lowest BCUT2D eigenvalue weighted by Crippen LogP contribution is -2.04. The minimum Gasteiger partial charge on any atom is -0.326 e. The summed E-state index contributed by atoms with van der Waals surface area (Å²) in [6.07, 6.45) is 1.72. The highest BCUT2D eigenvalue weighted by atomic mass is 35.5. The number of rotatable bonds is 2. The van der Waals surface area contributed by atoms with Crippen molar-refractivity contribution in [3.8, 4) is 5.82 Å². The molecular weight excluding hydrogens is 224 g/mol. The molecule has 2 aromatic rings.